The molecule has 1 aromatic carbocycles. The lowest BCUT2D eigenvalue weighted by atomic mass is 10.1. The number of fused-ring (bicyclic) bond motifs is 1. The Morgan fingerprint density at radius 3 is 2.69 bits per heavy atom. The highest BCUT2D eigenvalue weighted by atomic mass is 31.2. The maximum absolute atomic E-state index is 13.9. The normalized spacial score (nSPS) is 24.5. The molecule has 0 aliphatic carbocycles. The van der Waals surface area contributed by atoms with Gasteiger partial charge >= 0.3 is 21.8 Å². The highest BCUT2D eigenvalue weighted by Crippen LogP contribution is 2.51. The van der Waals surface area contributed by atoms with Gasteiger partial charge in [-0.3, -0.25) is 23.3 Å². The van der Waals surface area contributed by atoms with Gasteiger partial charge in [0.05, 0.1) is 13.2 Å². The van der Waals surface area contributed by atoms with Crippen LogP contribution in [0.2, 0.25) is 0 Å². The Balaban J connectivity index is 1.59. The summed E-state index contributed by atoms with van der Waals surface area (Å²) in [7, 11) is -8.45. The lowest BCUT2D eigenvalue weighted by Crippen LogP contribution is -2.43. The number of ether oxygens (including phenoxy) is 1. The van der Waals surface area contributed by atoms with E-state index in [0.29, 0.717) is 4.57 Å². The van der Waals surface area contributed by atoms with E-state index in [9.17, 15) is 38.2 Å². The fraction of sp³-hybridized carbons (Fsp3) is 0.353. The van der Waals surface area contributed by atoms with Crippen LogP contribution in [0.15, 0.2) is 44.6 Å². The number of phosphoric acid groups is 1. The summed E-state index contributed by atoms with van der Waals surface area (Å²) in [6.07, 6.45) is -5.49. The molecule has 0 saturated carbocycles. The molecule has 3 heterocycles. The fourth-order valence-electron chi connectivity index (χ4n) is 3.49. The first kappa shape index (κ1) is 25.4. The van der Waals surface area contributed by atoms with Crippen LogP contribution in [0.25, 0.3) is 11.0 Å². The number of benzene rings is 1. The minimum absolute atomic E-state index is 0.0802. The maximum atomic E-state index is 13.9. The van der Waals surface area contributed by atoms with Gasteiger partial charge in [0.1, 0.15) is 24.0 Å². The van der Waals surface area contributed by atoms with E-state index in [0.717, 1.165) is 22.9 Å². The van der Waals surface area contributed by atoms with Crippen molar-refractivity contribution in [3.05, 3.63) is 62.8 Å². The number of nitrogens with zero attached hydrogens (tertiary/aromatic N) is 3. The highest BCUT2D eigenvalue weighted by Gasteiger charge is 2.46. The Bertz CT molecular complexity index is 1440. The molecule has 3 unspecified atom stereocenters. The van der Waals surface area contributed by atoms with E-state index in [-0.39, 0.29) is 16.7 Å². The van der Waals surface area contributed by atoms with Gasteiger partial charge in [-0.15, -0.1) is 4.89 Å². The van der Waals surface area contributed by atoms with Crippen molar-refractivity contribution in [3.63, 3.8) is 0 Å². The van der Waals surface area contributed by atoms with E-state index in [1.807, 2.05) is 0 Å². The van der Waals surface area contributed by atoms with Gasteiger partial charge in [0.15, 0.2) is 12.0 Å². The van der Waals surface area contributed by atoms with Crippen LogP contribution < -0.4 is 11.2 Å². The van der Waals surface area contributed by atoms with Crippen LogP contribution in [0.5, 0.6) is 0 Å². The van der Waals surface area contributed by atoms with E-state index in [2.05, 4.69) is 14.0 Å². The SMILES string of the molecule is O=c1ccn([C@@H]2O[C@H](COP(=O)(O)O[P+](=O)O)C(O)[C@@H]2O)c(=O)n1Cc1noc2c(F)cccc12. The molecular formula is C17H17FN3O12P2+. The van der Waals surface area contributed by atoms with Crippen LogP contribution in [-0.2, 0) is 29.2 Å². The molecule has 0 amide bonds. The van der Waals surface area contributed by atoms with Gasteiger partial charge < -0.3 is 19.5 Å². The molecule has 0 spiro atoms. The zero-order chi connectivity index (χ0) is 25.5. The van der Waals surface area contributed by atoms with Crippen LogP contribution in [0, 0.1) is 5.82 Å². The summed E-state index contributed by atoms with van der Waals surface area (Å²) in [5, 5.41) is 24.5. The first-order valence-electron chi connectivity index (χ1n) is 9.68. The number of phosphoric ester groups is 1. The summed E-state index contributed by atoms with van der Waals surface area (Å²) in [6, 6.07) is 5.00. The first-order chi connectivity index (χ1) is 16.5. The largest absolute Gasteiger partial charge is 0.705 e. The molecule has 1 aliphatic rings. The Kier molecular flexibility index (Phi) is 7.11. The van der Waals surface area contributed by atoms with Gasteiger partial charge in [0.25, 0.3) is 5.56 Å². The summed E-state index contributed by atoms with van der Waals surface area (Å²) >= 11 is 0. The van der Waals surface area contributed by atoms with Gasteiger partial charge in [-0.2, -0.15) is 0 Å². The topological polar surface area (TPSA) is 213 Å². The monoisotopic (exact) mass is 536 g/mol. The van der Waals surface area contributed by atoms with Gasteiger partial charge in [0, 0.05) is 22.2 Å². The Morgan fingerprint density at radius 1 is 1.23 bits per heavy atom. The third-order valence-electron chi connectivity index (χ3n) is 5.11. The molecule has 15 nitrogen and oxygen atoms in total. The minimum atomic E-state index is -4.98. The van der Waals surface area contributed by atoms with Crippen molar-refractivity contribution in [1.82, 2.24) is 14.3 Å². The molecule has 1 fully saturated rings. The van der Waals surface area contributed by atoms with Crippen LogP contribution in [-0.4, -0.2) is 59.2 Å². The number of halogens is 1. The number of hydrogen-bond acceptors (Lipinski definition) is 11. The second-order valence-electron chi connectivity index (χ2n) is 7.31. The Morgan fingerprint density at radius 2 is 1.97 bits per heavy atom. The van der Waals surface area contributed by atoms with E-state index in [1.54, 1.807) is 0 Å². The van der Waals surface area contributed by atoms with Crippen molar-refractivity contribution in [2.45, 2.75) is 31.1 Å². The molecule has 18 heteroatoms. The molecule has 4 rings (SSSR count). The summed E-state index contributed by atoms with van der Waals surface area (Å²) in [5.41, 5.74) is -1.83. The number of aromatic nitrogens is 3. The van der Waals surface area contributed by atoms with E-state index < -0.39 is 70.8 Å². The van der Waals surface area contributed by atoms with E-state index in [4.69, 9.17) is 14.2 Å². The first-order valence-corrected chi connectivity index (χ1v) is 12.3. The summed E-state index contributed by atoms with van der Waals surface area (Å²) in [4.78, 5) is 43.3. The average molecular weight is 536 g/mol. The number of para-hydroxylation sites is 1. The summed E-state index contributed by atoms with van der Waals surface area (Å²) < 4.78 is 56.1. The van der Waals surface area contributed by atoms with Crippen molar-refractivity contribution in [2.75, 3.05) is 6.61 Å². The molecule has 0 bridgehead atoms. The van der Waals surface area contributed by atoms with E-state index >= 15 is 0 Å². The van der Waals surface area contributed by atoms with Gasteiger partial charge in [-0.1, -0.05) is 11.2 Å². The van der Waals surface area contributed by atoms with Crippen LogP contribution >= 0.6 is 16.1 Å². The molecule has 3 aromatic rings. The number of aliphatic hydroxyl groups is 2. The lowest BCUT2D eigenvalue weighted by molar-refractivity contribution is -0.0546. The van der Waals surface area contributed by atoms with Crippen molar-refractivity contribution in [1.29, 1.82) is 0 Å². The molecule has 35 heavy (non-hydrogen) atoms. The van der Waals surface area contributed by atoms with E-state index in [1.165, 1.54) is 12.1 Å². The maximum Gasteiger partial charge on any atom is 0.705 e. The molecule has 0 radical (unpaired) electrons. The molecular weight excluding hydrogens is 519 g/mol. The smallest absolute Gasteiger partial charge is 0.387 e. The third kappa shape index (κ3) is 5.16. The zero-order valence-corrected chi connectivity index (χ0v) is 19.1. The second-order valence-corrected chi connectivity index (χ2v) is 9.63. The van der Waals surface area contributed by atoms with Crippen molar-refractivity contribution < 1.29 is 51.6 Å². The second kappa shape index (κ2) is 9.78. The predicted molar refractivity (Wildman–Crippen MR) is 111 cm³/mol. The summed E-state index contributed by atoms with van der Waals surface area (Å²) in [5.74, 6) is -0.688. The molecule has 1 aliphatic heterocycles. The highest BCUT2D eigenvalue weighted by molar-refractivity contribution is 7.55. The van der Waals surface area contributed by atoms with Crippen molar-refractivity contribution >= 4 is 27.0 Å². The van der Waals surface area contributed by atoms with Crippen molar-refractivity contribution in [3.8, 4) is 0 Å². The molecule has 4 N–H and O–H groups in total. The van der Waals surface area contributed by atoms with Gasteiger partial charge in [-0.05, 0) is 16.4 Å². The molecule has 2 aromatic heterocycles. The standard InChI is InChI=1S/C17H16FN3O12P2/c18-9-3-1-2-8-10(19-32-15(8)9)6-21-12(22)4-5-20(17(21)25)16-14(24)13(23)11(31-16)7-30-35(28,29)33-34(26)27/h1-5,11,13-14,16,23-24H,6-7H2,(H-,26,27,28,29)/p+1/t11-,13?,14+,16-/m1/s1. The van der Waals surface area contributed by atoms with Crippen LogP contribution in [0.3, 0.4) is 0 Å². The van der Waals surface area contributed by atoms with Gasteiger partial charge in [0.2, 0.25) is 5.58 Å². The molecule has 188 valence electrons. The number of rotatable bonds is 8. The zero-order valence-electron chi connectivity index (χ0n) is 17.3. The Hall–Kier alpha value is -2.65. The number of hydrogen-bond donors (Lipinski definition) is 4. The average Bonchev–Trinajstić information content (AvgIpc) is 3.31. The minimum Gasteiger partial charge on any atom is -0.387 e. The van der Waals surface area contributed by atoms with Crippen LogP contribution in [0.1, 0.15) is 11.9 Å². The van der Waals surface area contributed by atoms with Crippen molar-refractivity contribution in [2.24, 2.45) is 0 Å². The van der Waals surface area contributed by atoms with Gasteiger partial charge in [-0.25, -0.2) is 13.8 Å². The third-order valence-corrected chi connectivity index (χ3v) is 6.97. The Labute approximate surface area is 194 Å². The quantitative estimate of drug-likeness (QED) is 0.274. The van der Waals surface area contributed by atoms with Crippen LogP contribution in [0.4, 0.5) is 4.39 Å². The number of aliphatic hydroxyl groups excluding tert-OH is 2. The lowest BCUT2D eigenvalue weighted by Gasteiger charge is -2.18. The predicted octanol–water partition coefficient (Wildman–Crippen LogP) is -0.259. The fourth-order valence-corrected chi connectivity index (χ4v) is 4.72. The molecule has 1 saturated heterocycles. The summed E-state index contributed by atoms with van der Waals surface area (Å²) in [6.45, 7) is -1.28. The molecule has 6 atom stereocenters.